The molecule has 1 rings (SSSR count). The van der Waals surface area contributed by atoms with Crippen molar-refractivity contribution in [1.82, 2.24) is 5.32 Å². The van der Waals surface area contributed by atoms with E-state index in [-0.39, 0.29) is 11.7 Å². The molecular formula is C8H15NO2. The Morgan fingerprint density at radius 1 is 1.64 bits per heavy atom. The molecule has 64 valence electrons. The second kappa shape index (κ2) is 2.91. The highest BCUT2D eigenvalue weighted by Crippen LogP contribution is 2.19. The monoisotopic (exact) mass is 157 g/mol. The summed E-state index contributed by atoms with van der Waals surface area (Å²) in [7, 11) is 0. The van der Waals surface area contributed by atoms with Gasteiger partial charge in [0.25, 0.3) is 0 Å². The third kappa shape index (κ3) is 2.01. The average molecular weight is 157 g/mol. The van der Waals surface area contributed by atoms with Gasteiger partial charge in [-0.1, -0.05) is 0 Å². The minimum absolute atomic E-state index is 0.177. The maximum Gasteiger partial charge on any atom is 0.141 e. The Bertz CT molecular complexity index is 160. The molecule has 1 heterocycles. The Balaban J connectivity index is 2.62. The Kier molecular flexibility index (Phi) is 2.30. The number of ketones is 1. The number of Topliss-reactive ketones (excluding diaryl/α,β-unsaturated/α-hetero) is 1. The molecule has 0 aromatic rings. The first-order valence-corrected chi connectivity index (χ1v) is 3.97. The lowest BCUT2D eigenvalue weighted by Crippen LogP contribution is -2.47. The van der Waals surface area contributed by atoms with E-state index in [1.165, 1.54) is 0 Å². The second-order valence-electron chi connectivity index (χ2n) is 3.63. The van der Waals surface area contributed by atoms with Crippen LogP contribution in [0.15, 0.2) is 0 Å². The van der Waals surface area contributed by atoms with Crippen LogP contribution in [0.25, 0.3) is 0 Å². The molecule has 1 atom stereocenters. The van der Waals surface area contributed by atoms with E-state index < -0.39 is 5.60 Å². The summed E-state index contributed by atoms with van der Waals surface area (Å²) in [5.41, 5.74) is -0.871. The molecule has 11 heavy (non-hydrogen) atoms. The van der Waals surface area contributed by atoms with Gasteiger partial charge in [-0.3, -0.25) is 4.79 Å². The number of carbonyl (C=O) groups excluding carboxylic acids is 1. The highest BCUT2D eigenvalue weighted by atomic mass is 16.3. The van der Waals surface area contributed by atoms with Crippen molar-refractivity contribution in [3.05, 3.63) is 0 Å². The smallest absolute Gasteiger partial charge is 0.141 e. The number of nitrogens with one attached hydrogen (secondary N) is 1. The number of hydrogen-bond donors (Lipinski definition) is 2. The van der Waals surface area contributed by atoms with Crippen molar-refractivity contribution in [3.63, 3.8) is 0 Å². The average Bonchev–Trinajstić information content (AvgIpc) is 1.86. The first kappa shape index (κ1) is 8.68. The molecule has 0 aliphatic carbocycles. The molecule has 0 saturated carbocycles. The summed E-state index contributed by atoms with van der Waals surface area (Å²) in [6, 6.07) is 0. The van der Waals surface area contributed by atoms with Crippen molar-refractivity contribution >= 4 is 5.78 Å². The van der Waals surface area contributed by atoms with Gasteiger partial charge in [-0.05, 0) is 13.8 Å². The van der Waals surface area contributed by atoms with Crippen LogP contribution in [-0.4, -0.2) is 29.6 Å². The van der Waals surface area contributed by atoms with Crippen LogP contribution in [-0.2, 0) is 4.79 Å². The van der Waals surface area contributed by atoms with Gasteiger partial charge in [0.05, 0.1) is 11.5 Å². The Morgan fingerprint density at radius 2 is 2.27 bits per heavy atom. The van der Waals surface area contributed by atoms with E-state index in [2.05, 4.69) is 5.32 Å². The lowest BCUT2D eigenvalue weighted by atomic mass is 9.84. The lowest BCUT2D eigenvalue weighted by Gasteiger charge is -2.31. The van der Waals surface area contributed by atoms with Crippen molar-refractivity contribution in [1.29, 1.82) is 0 Å². The summed E-state index contributed by atoms with van der Waals surface area (Å²) in [5.74, 6) is -0.0486. The predicted octanol–water partition coefficient (Wildman–Crippen LogP) is -0.0641. The molecule has 1 aliphatic rings. The molecule has 3 heteroatoms. The van der Waals surface area contributed by atoms with E-state index >= 15 is 0 Å². The van der Waals surface area contributed by atoms with E-state index in [0.717, 1.165) is 6.54 Å². The fourth-order valence-corrected chi connectivity index (χ4v) is 1.39. The van der Waals surface area contributed by atoms with Gasteiger partial charge in [0.1, 0.15) is 5.78 Å². The fraction of sp³-hybridized carbons (Fsp3) is 0.875. The Labute approximate surface area is 66.8 Å². The quantitative estimate of drug-likeness (QED) is 0.560. The van der Waals surface area contributed by atoms with Crippen LogP contribution >= 0.6 is 0 Å². The van der Waals surface area contributed by atoms with E-state index in [1.54, 1.807) is 13.8 Å². The predicted molar refractivity (Wildman–Crippen MR) is 42.3 cm³/mol. The van der Waals surface area contributed by atoms with Crippen LogP contribution < -0.4 is 5.32 Å². The zero-order valence-corrected chi connectivity index (χ0v) is 7.05. The number of hydrogen-bond acceptors (Lipinski definition) is 3. The van der Waals surface area contributed by atoms with E-state index in [4.69, 9.17) is 0 Å². The van der Waals surface area contributed by atoms with Gasteiger partial charge < -0.3 is 10.4 Å². The van der Waals surface area contributed by atoms with Crippen molar-refractivity contribution in [2.24, 2.45) is 5.92 Å². The molecule has 1 unspecified atom stereocenters. The number of rotatable bonds is 1. The van der Waals surface area contributed by atoms with Crippen molar-refractivity contribution in [2.75, 3.05) is 13.1 Å². The molecule has 0 aromatic heterocycles. The minimum Gasteiger partial charge on any atom is -0.390 e. The standard InChI is InChI=1S/C8H15NO2/c1-8(2,11)6-5-9-4-3-7(6)10/h6,9,11H,3-5H2,1-2H3. The maximum atomic E-state index is 11.2. The molecule has 0 bridgehead atoms. The topological polar surface area (TPSA) is 49.3 Å². The number of piperidine rings is 1. The first-order valence-electron chi connectivity index (χ1n) is 3.97. The summed E-state index contributed by atoms with van der Waals surface area (Å²) in [4.78, 5) is 11.2. The van der Waals surface area contributed by atoms with Crippen LogP contribution in [0, 0.1) is 5.92 Å². The van der Waals surface area contributed by atoms with E-state index in [9.17, 15) is 9.90 Å². The van der Waals surface area contributed by atoms with Gasteiger partial charge in [0.15, 0.2) is 0 Å². The highest BCUT2D eigenvalue weighted by molar-refractivity contribution is 5.83. The van der Waals surface area contributed by atoms with Gasteiger partial charge in [-0.15, -0.1) is 0 Å². The molecule has 0 amide bonds. The van der Waals surface area contributed by atoms with Gasteiger partial charge >= 0.3 is 0 Å². The summed E-state index contributed by atoms with van der Waals surface area (Å²) >= 11 is 0. The molecule has 1 fully saturated rings. The molecule has 0 spiro atoms. The van der Waals surface area contributed by atoms with Crippen LogP contribution in [0.4, 0.5) is 0 Å². The van der Waals surface area contributed by atoms with Crippen LogP contribution in [0.2, 0.25) is 0 Å². The molecule has 2 N–H and O–H groups in total. The zero-order chi connectivity index (χ0) is 8.48. The molecular weight excluding hydrogens is 142 g/mol. The van der Waals surface area contributed by atoms with Crippen LogP contribution in [0.3, 0.4) is 0 Å². The largest absolute Gasteiger partial charge is 0.390 e. The SMILES string of the molecule is CC(C)(O)C1CNCCC1=O. The lowest BCUT2D eigenvalue weighted by molar-refractivity contribution is -0.131. The molecule has 3 nitrogen and oxygen atoms in total. The zero-order valence-electron chi connectivity index (χ0n) is 7.05. The van der Waals surface area contributed by atoms with Crippen molar-refractivity contribution in [3.8, 4) is 0 Å². The van der Waals surface area contributed by atoms with Gasteiger partial charge in [-0.2, -0.15) is 0 Å². The summed E-state index contributed by atoms with van der Waals surface area (Å²) in [6.07, 6.45) is 0.550. The number of aliphatic hydroxyl groups is 1. The Morgan fingerprint density at radius 3 is 2.64 bits per heavy atom. The van der Waals surface area contributed by atoms with Crippen molar-refractivity contribution < 1.29 is 9.90 Å². The normalized spacial score (nSPS) is 27.2. The van der Waals surface area contributed by atoms with E-state index in [1.807, 2.05) is 0 Å². The third-order valence-corrected chi connectivity index (χ3v) is 2.14. The van der Waals surface area contributed by atoms with E-state index in [0.29, 0.717) is 13.0 Å². The van der Waals surface area contributed by atoms with Gasteiger partial charge in [-0.25, -0.2) is 0 Å². The molecule has 1 aliphatic heterocycles. The summed E-state index contributed by atoms with van der Waals surface area (Å²) < 4.78 is 0. The first-order chi connectivity index (χ1) is 5.02. The highest BCUT2D eigenvalue weighted by Gasteiger charge is 2.34. The third-order valence-electron chi connectivity index (χ3n) is 2.14. The second-order valence-corrected chi connectivity index (χ2v) is 3.63. The van der Waals surface area contributed by atoms with Crippen LogP contribution in [0.1, 0.15) is 20.3 Å². The maximum absolute atomic E-state index is 11.2. The Hall–Kier alpha value is -0.410. The minimum atomic E-state index is -0.871. The number of carbonyl (C=O) groups is 1. The molecule has 0 radical (unpaired) electrons. The van der Waals surface area contributed by atoms with Gasteiger partial charge in [0, 0.05) is 19.5 Å². The van der Waals surface area contributed by atoms with Gasteiger partial charge in [0.2, 0.25) is 0 Å². The summed E-state index contributed by atoms with van der Waals surface area (Å²) in [5, 5.41) is 12.6. The molecule has 0 aromatic carbocycles. The summed E-state index contributed by atoms with van der Waals surface area (Å²) in [6.45, 7) is 4.74. The fourth-order valence-electron chi connectivity index (χ4n) is 1.39. The molecule has 1 saturated heterocycles. The van der Waals surface area contributed by atoms with Crippen LogP contribution in [0.5, 0.6) is 0 Å². The van der Waals surface area contributed by atoms with Crippen molar-refractivity contribution in [2.45, 2.75) is 25.9 Å².